The fraction of sp³-hybridized carbons (Fsp3) is 0.625. The first-order valence-corrected chi connectivity index (χ1v) is 7.09. The highest BCUT2D eigenvalue weighted by Crippen LogP contribution is 2.40. The summed E-state index contributed by atoms with van der Waals surface area (Å²) in [4.78, 5) is 0. The van der Waals surface area contributed by atoms with Crippen LogP contribution in [-0.4, -0.2) is 14.2 Å². The molecule has 2 nitrogen and oxygen atoms in total. The van der Waals surface area contributed by atoms with Gasteiger partial charge in [0, 0.05) is 6.04 Å². The Morgan fingerprint density at radius 1 is 1.28 bits per heavy atom. The van der Waals surface area contributed by atoms with Gasteiger partial charge in [-0.1, -0.05) is 31.9 Å². The second-order valence-corrected chi connectivity index (χ2v) is 5.39. The topological polar surface area (TPSA) is 21.3 Å². The summed E-state index contributed by atoms with van der Waals surface area (Å²) in [5.74, 6) is 2.66. The van der Waals surface area contributed by atoms with Gasteiger partial charge in [-0.2, -0.15) is 0 Å². The molecule has 0 bridgehead atoms. The van der Waals surface area contributed by atoms with Crippen molar-refractivity contribution in [3.63, 3.8) is 0 Å². The Hall–Kier alpha value is -1.02. The van der Waals surface area contributed by atoms with Crippen LogP contribution in [0, 0.1) is 11.8 Å². The standard InChI is InChI=1S/C16H25NO/c1-4-12-5-6-14(11-12)16(17-2)13-7-9-15(18-3)10-8-13/h7-10,12,14,16-17H,4-6,11H2,1-3H3. The van der Waals surface area contributed by atoms with E-state index in [2.05, 4.69) is 43.6 Å². The minimum absolute atomic E-state index is 0.493. The van der Waals surface area contributed by atoms with Crippen LogP contribution < -0.4 is 10.1 Å². The summed E-state index contributed by atoms with van der Waals surface area (Å²) in [6, 6.07) is 9.00. The molecule has 100 valence electrons. The minimum atomic E-state index is 0.493. The summed E-state index contributed by atoms with van der Waals surface area (Å²) < 4.78 is 5.22. The van der Waals surface area contributed by atoms with E-state index in [9.17, 15) is 0 Å². The van der Waals surface area contributed by atoms with Crippen LogP contribution in [0.2, 0.25) is 0 Å². The molecule has 18 heavy (non-hydrogen) atoms. The van der Waals surface area contributed by atoms with Gasteiger partial charge in [0.25, 0.3) is 0 Å². The van der Waals surface area contributed by atoms with E-state index in [-0.39, 0.29) is 0 Å². The molecule has 0 amide bonds. The zero-order valence-electron chi connectivity index (χ0n) is 11.8. The lowest BCUT2D eigenvalue weighted by Gasteiger charge is -2.24. The lowest BCUT2D eigenvalue weighted by Crippen LogP contribution is -2.23. The molecule has 1 aliphatic rings. The molecule has 3 unspecified atom stereocenters. The molecule has 0 saturated heterocycles. The summed E-state index contributed by atoms with van der Waals surface area (Å²) in [5.41, 5.74) is 1.39. The van der Waals surface area contributed by atoms with Gasteiger partial charge in [0.05, 0.1) is 7.11 Å². The van der Waals surface area contributed by atoms with Crippen molar-refractivity contribution in [2.75, 3.05) is 14.2 Å². The molecule has 0 aromatic heterocycles. The van der Waals surface area contributed by atoms with Crippen LogP contribution in [0.3, 0.4) is 0 Å². The second-order valence-electron chi connectivity index (χ2n) is 5.39. The fourth-order valence-electron chi connectivity index (χ4n) is 3.27. The van der Waals surface area contributed by atoms with E-state index >= 15 is 0 Å². The molecule has 2 heteroatoms. The van der Waals surface area contributed by atoms with Gasteiger partial charge in [0.15, 0.2) is 0 Å². The molecule has 0 heterocycles. The molecule has 1 N–H and O–H groups in total. The smallest absolute Gasteiger partial charge is 0.118 e. The molecule has 1 fully saturated rings. The first kappa shape index (κ1) is 13.4. The summed E-state index contributed by atoms with van der Waals surface area (Å²) in [6.07, 6.45) is 5.45. The van der Waals surface area contributed by atoms with Gasteiger partial charge in [0.2, 0.25) is 0 Å². The quantitative estimate of drug-likeness (QED) is 0.855. The number of rotatable bonds is 5. The van der Waals surface area contributed by atoms with Crippen molar-refractivity contribution in [2.45, 2.75) is 38.6 Å². The van der Waals surface area contributed by atoms with Crippen LogP contribution in [0.1, 0.15) is 44.2 Å². The predicted molar refractivity (Wildman–Crippen MR) is 75.9 cm³/mol. The van der Waals surface area contributed by atoms with Gasteiger partial charge >= 0.3 is 0 Å². The summed E-state index contributed by atoms with van der Waals surface area (Å²) in [5, 5.41) is 3.50. The van der Waals surface area contributed by atoms with Gasteiger partial charge in [0.1, 0.15) is 5.75 Å². The Kier molecular flexibility index (Phi) is 4.65. The average Bonchev–Trinajstić information content (AvgIpc) is 2.89. The van der Waals surface area contributed by atoms with Crippen molar-refractivity contribution in [1.29, 1.82) is 0 Å². The zero-order valence-corrected chi connectivity index (χ0v) is 11.8. The molecule has 2 rings (SSSR count). The maximum absolute atomic E-state index is 5.22. The number of ether oxygens (including phenoxy) is 1. The number of nitrogens with one attached hydrogen (secondary N) is 1. The molecule has 1 saturated carbocycles. The van der Waals surface area contributed by atoms with Crippen molar-refractivity contribution in [3.8, 4) is 5.75 Å². The third-order valence-corrected chi connectivity index (χ3v) is 4.42. The molecular weight excluding hydrogens is 222 g/mol. The van der Waals surface area contributed by atoms with Gasteiger partial charge in [-0.05, 0) is 49.4 Å². The minimum Gasteiger partial charge on any atom is -0.497 e. The van der Waals surface area contributed by atoms with E-state index in [1.165, 1.54) is 31.2 Å². The number of benzene rings is 1. The van der Waals surface area contributed by atoms with Crippen LogP contribution in [0.15, 0.2) is 24.3 Å². The summed E-state index contributed by atoms with van der Waals surface area (Å²) in [6.45, 7) is 2.31. The van der Waals surface area contributed by atoms with Gasteiger partial charge in [-0.25, -0.2) is 0 Å². The highest BCUT2D eigenvalue weighted by molar-refractivity contribution is 5.29. The van der Waals surface area contributed by atoms with Gasteiger partial charge in [-0.3, -0.25) is 0 Å². The monoisotopic (exact) mass is 247 g/mol. The van der Waals surface area contributed by atoms with Crippen LogP contribution in [0.5, 0.6) is 5.75 Å². The molecule has 1 aliphatic carbocycles. The van der Waals surface area contributed by atoms with E-state index in [1.54, 1.807) is 7.11 Å². The molecule has 3 atom stereocenters. The number of hydrogen-bond acceptors (Lipinski definition) is 2. The van der Waals surface area contributed by atoms with E-state index < -0.39 is 0 Å². The Morgan fingerprint density at radius 2 is 2.00 bits per heavy atom. The highest BCUT2D eigenvalue weighted by Gasteiger charge is 2.29. The van der Waals surface area contributed by atoms with Crippen molar-refractivity contribution in [2.24, 2.45) is 11.8 Å². The summed E-state index contributed by atoms with van der Waals surface area (Å²) in [7, 11) is 3.79. The largest absolute Gasteiger partial charge is 0.497 e. The van der Waals surface area contributed by atoms with Crippen molar-refractivity contribution < 1.29 is 4.74 Å². The molecule has 0 radical (unpaired) electrons. The third-order valence-electron chi connectivity index (χ3n) is 4.42. The first-order chi connectivity index (χ1) is 8.78. The van der Waals surface area contributed by atoms with Crippen LogP contribution >= 0.6 is 0 Å². The average molecular weight is 247 g/mol. The molecular formula is C16H25NO. The lowest BCUT2D eigenvalue weighted by atomic mass is 9.90. The third kappa shape index (κ3) is 2.86. The predicted octanol–water partition coefficient (Wildman–Crippen LogP) is 3.78. The van der Waals surface area contributed by atoms with E-state index in [1.807, 2.05) is 0 Å². The van der Waals surface area contributed by atoms with E-state index in [4.69, 9.17) is 4.74 Å². The van der Waals surface area contributed by atoms with E-state index in [0.29, 0.717) is 6.04 Å². The highest BCUT2D eigenvalue weighted by atomic mass is 16.5. The Labute approximate surface area is 111 Å². The van der Waals surface area contributed by atoms with Gasteiger partial charge in [-0.15, -0.1) is 0 Å². The maximum Gasteiger partial charge on any atom is 0.118 e. The number of hydrogen-bond donors (Lipinski definition) is 1. The van der Waals surface area contributed by atoms with Crippen LogP contribution in [-0.2, 0) is 0 Å². The number of methoxy groups -OCH3 is 1. The van der Waals surface area contributed by atoms with Gasteiger partial charge < -0.3 is 10.1 Å². The molecule has 0 spiro atoms. The zero-order chi connectivity index (χ0) is 13.0. The van der Waals surface area contributed by atoms with Crippen molar-refractivity contribution in [3.05, 3.63) is 29.8 Å². The Balaban J connectivity index is 2.08. The van der Waals surface area contributed by atoms with Crippen LogP contribution in [0.4, 0.5) is 0 Å². The molecule has 1 aromatic carbocycles. The normalized spacial score (nSPS) is 25.1. The second kappa shape index (κ2) is 6.24. The fourth-order valence-corrected chi connectivity index (χ4v) is 3.27. The molecule has 0 aliphatic heterocycles. The van der Waals surface area contributed by atoms with E-state index in [0.717, 1.165) is 17.6 Å². The molecule has 1 aromatic rings. The Bertz CT molecular complexity index is 360. The Morgan fingerprint density at radius 3 is 2.50 bits per heavy atom. The van der Waals surface area contributed by atoms with Crippen molar-refractivity contribution in [1.82, 2.24) is 5.32 Å². The van der Waals surface area contributed by atoms with Crippen molar-refractivity contribution >= 4 is 0 Å². The maximum atomic E-state index is 5.22. The first-order valence-electron chi connectivity index (χ1n) is 7.09. The summed E-state index contributed by atoms with van der Waals surface area (Å²) >= 11 is 0. The van der Waals surface area contributed by atoms with Crippen LogP contribution in [0.25, 0.3) is 0 Å². The lowest BCUT2D eigenvalue weighted by molar-refractivity contribution is 0.371. The SMILES string of the molecule is CCC1CCC(C(NC)c2ccc(OC)cc2)C1.